The van der Waals surface area contributed by atoms with Crippen LogP contribution < -0.4 is 0 Å². The summed E-state index contributed by atoms with van der Waals surface area (Å²) in [4.78, 5) is 4.11. The number of rotatable bonds is 1. The molecule has 0 saturated carbocycles. The van der Waals surface area contributed by atoms with Crippen LogP contribution in [0.25, 0.3) is 11.5 Å². The van der Waals surface area contributed by atoms with E-state index in [-0.39, 0.29) is 5.89 Å². The van der Waals surface area contributed by atoms with E-state index < -0.39 is 11.7 Å². The molecule has 1 aromatic carbocycles. The summed E-state index contributed by atoms with van der Waals surface area (Å²) < 4.78 is 43.4. The van der Waals surface area contributed by atoms with Crippen LogP contribution in [0.3, 0.4) is 0 Å². The predicted octanol–water partition coefficient (Wildman–Crippen LogP) is 4.29. The molecule has 0 saturated heterocycles. The molecule has 2 nitrogen and oxygen atoms in total. The Morgan fingerprint density at radius 1 is 1.06 bits per heavy atom. The molecule has 0 aliphatic heterocycles. The fourth-order valence-corrected chi connectivity index (χ4v) is 1.67. The molecule has 0 N–H and O–H groups in total. The first-order valence-electron chi connectivity index (χ1n) is 5.40. The number of aromatic nitrogens is 1. The van der Waals surface area contributed by atoms with Crippen molar-refractivity contribution in [2.24, 2.45) is 0 Å². The molecule has 0 aliphatic rings. The molecule has 1 heterocycles. The molecule has 5 heteroatoms. The predicted molar refractivity (Wildman–Crippen MR) is 61.2 cm³/mol. The zero-order valence-electron chi connectivity index (χ0n) is 10.2. The van der Waals surface area contributed by atoms with Crippen LogP contribution in [0.2, 0.25) is 0 Å². The Balaban J connectivity index is 2.55. The summed E-state index contributed by atoms with van der Waals surface area (Å²) in [6.45, 7) is 5.09. The largest absolute Gasteiger partial charge is 0.441 e. The van der Waals surface area contributed by atoms with Crippen LogP contribution in [0.1, 0.15) is 22.6 Å². The third-order valence-corrected chi connectivity index (χ3v) is 2.68. The smallest absolute Gasteiger partial charge is 0.416 e. The highest BCUT2D eigenvalue weighted by molar-refractivity contribution is 5.57. The van der Waals surface area contributed by atoms with Gasteiger partial charge in [0.1, 0.15) is 5.76 Å². The van der Waals surface area contributed by atoms with Gasteiger partial charge in [0.2, 0.25) is 5.89 Å². The van der Waals surface area contributed by atoms with Gasteiger partial charge in [-0.05, 0) is 44.5 Å². The molecular weight excluding hydrogens is 243 g/mol. The first-order chi connectivity index (χ1) is 8.27. The van der Waals surface area contributed by atoms with Crippen molar-refractivity contribution in [2.75, 3.05) is 0 Å². The molecule has 0 unspecified atom stereocenters. The van der Waals surface area contributed by atoms with Gasteiger partial charge in [0.05, 0.1) is 11.3 Å². The lowest BCUT2D eigenvalue weighted by atomic mass is 10.1. The number of hydrogen-bond donors (Lipinski definition) is 0. The molecule has 2 aromatic rings. The first-order valence-corrected chi connectivity index (χ1v) is 5.40. The second kappa shape index (κ2) is 4.15. The third kappa shape index (κ3) is 2.39. The van der Waals surface area contributed by atoms with Crippen molar-refractivity contribution in [3.63, 3.8) is 0 Å². The maximum absolute atomic E-state index is 12.7. The van der Waals surface area contributed by atoms with Crippen LogP contribution in [0.5, 0.6) is 0 Å². The summed E-state index contributed by atoms with van der Waals surface area (Å²) in [7, 11) is 0. The van der Waals surface area contributed by atoms with E-state index in [0.29, 0.717) is 22.6 Å². The topological polar surface area (TPSA) is 26.0 Å². The number of halogens is 3. The molecule has 1 aromatic heterocycles. The lowest BCUT2D eigenvalue weighted by molar-refractivity contribution is -0.137. The van der Waals surface area contributed by atoms with E-state index in [9.17, 15) is 13.2 Å². The Morgan fingerprint density at radius 3 is 2.22 bits per heavy atom. The Kier molecular flexibility index (Phi) is 2.92. The normalized spacial score (nSPS) is 11.9. The molecule has 0 fully saturated rings. The monoisotopic (exact) mass is 255 g/mol. The number of oxazole rings is 1. The van der Waals surface area contributed by atoms with Gasteiger partial charge in [-0.3, -0.25) is 0 Å². The van der Waals surface area contributed by atoms with Crippen LogP contribution in [0.15, 0.2) is 22.6 Å². The quantitative estimate of drug-likeness (QED) is 0.759. The summed E-state index contributed by atoms with van der Waals surface area (Å²) in [6, 6.07) is 3.78. The average molecular weight is 255 g/mol. The fourth-order valence-electron chi connectivity index (χ4n) is 1.67. The lowest BCUT2D eigenvalue weighted by Crippen LogP contribution is -2.05. The van der Waals surface area contributed by atoms with Gasteiger partial charge < -0.3 is 4.42 Å². The first kappa shape index (κ1) is 12.7. The van der Waals surface area contributed by atoms with E-state index in [1.807, 2.05) is 0 Å². The van der Waals surface area contributed by atoms with Gasteiger partial charge in [-0.1, -0.05) is 0 Å². The minimum absolute atomic E-state index is 0.221. The highest BCUT2D eigenvalue weighted by Gasteiger charge is 2.31. The highest BCUT2D eigenvalue weighted by atomic mass is 19.4. The standard InChI is InChI=1S/C13H12F3NO/c1-7-4-10(6-11(5-7)13(14,15)16)12-17-8(2)9(3)18-12/h4-6H,1-3H3. The molecule has 18 heavy (non-hydrogen) atoms. The molecule has 0 bridgehead atoms. The Bertz CT molecular complexity index is 565. The van der Waals surface area contributed by atoms with E-state index in [2.05, 4.69) is 4.98 Å². The Hall–Kier alpha value is -1.78. The zero-order valence-corrected chi connectivity index (χ0v) is 10.2. The second-order valence-electron chi connectivity index (χ2n) is 4.25. The maximum atomic E-state index is 12.7. The van der Waals surface area contributed by atoms with E-state index in [1.54, 1.807) is 26.8 Å². The van der Waals surface area contributed by atoms with Gasteiger partial charge in [-0.25, -0.2) is 4.98 Å². The minimum Gasteiger partial charge on any atom is -0.441 e. The molecule has 0 radical (unpaired) electrons. The van der Waals surface area contributed by atoms with Crippen molar-refractivity contribution in [3.05, 3.63) is 40.8 Å². The molecular formula is C13H12F3NO. The van der Waals surface area contributed by atoms with Gasteiger partial charge in [0.15, 0.2) is 0 Å². The van der Waals surface area contributed by atoms with Crippen molar-refractivity contribution in [1.82, 2.24) is 4.98 Å². The number of hydrogen-bond acceptors (Lipinski definition) is 2. The third-order valence-electron chi connectivity index (χ3n) is 2.68. The second-order valence-corrected chi connectivity index (χ2v) is 4.25. The van der Waals surface area contributed by atoms with Gasteiger partial charge in [-0.2, -0.15) is 13.2 Å². The van der Waals surface area contributed by atoms with Crippen molar-refractivity contribution >= 4 is 0 Å². The van der Waals surface area contributed by atoms with Crippen LogP contribution in [-0.2, 0) is 6.18 Å². The molecule has 0 amide bonds. The summed E-state index contributed by atoms with van der Waals surface area (Å²) in [6.07, 6.45) is -4.36. The minimum atomic E-state index is -4.36. The average Bonchev–Trinajstić information content (AvgIpc) is 2.57. The number of aryl methyl sites for hydroxylation is 3. The van der Waals surface area contributed by atoms with Crippen molar-refractivity contribution in [1.29, 1.82) is 0 Å². The van der Waals surface area contributed by atoms with Crippen LogP contribution in [0.4, 0.5) is 13.2 Å². The number of nitrogens with zero attached hydrogens (tertiary/aromatic N) is 1. The van der Waals surface area contributed by atoms with Gasteiger partial charge in [-0.15, -0.1) is 0 Å². The molecule has 0 aliphatic carbocycles. The van der Waals surface area contributed by atoms with E-state index in [0.717, 1.165) is 12.1 Å². The molecule has 0 atom stereocenters. The highest BCUT2D eigenvalue weighted by Crippen LogP contribution is 2.33. The van der Waals surface area contributed by atoms with E-state index >= 15 is 0 Å². The van der Waals surface area contributed by atoms with Crippen molar-refractivity contribution in [2.45, 2.75) is 26.9 Å². The van der Waals surface area contributed by atoms with E-state index in [4.69, 9.17) is 4.42 Å². The summed E-state index contributed by atoms with van der Waals surface area (Å²) in [5.74, 6) is 0.833. The van der Waals surface area contributed by atoms with Crippen LogP contribution in [-0.4, -0.2) is 4.98 Å². The SMILES string of the molecule is Cc1cc(-c2nc(C)c(C)o2)cc(C(F)(F)F)c1. The van der Waals surface area contributed by atoms with Gasteiger partial charge in [0, 0.05) is 5.56 Å². The summed E-state index contributed by atoms with van der Waals surface area (Å²) in [5, 5.41) is 0. The Labute approximate surface area is 102 Å². The van der Waals surface area contributed by atoms with Crippen LogP contribution >= 0.6 is 0 Å². The maximum Gasteiger partial charge on any atom is 0.416 e. The summed E-state index contributed by atoms with van der Waals surface area (Å²) >= 11 is 0. The lowest BCUT2D eigenvalue weighted by Gasteiger charge is -2.08. The molecule has 96 valence electrons. The molecule has 0 spiro atoms. The van der Waals surface area contributed by atoms with Crippen LogP contribution in [0, 0.1) is 20.8 Å². The zero-order chi connectivity index (χ0) is 13.5. The van der Waals surface area contributed by atoms with Crippen molar-refractivity contribution in [3.8, 4) is 11.5 Å². The fraction of sp³-hybridized carbons (Fsp3) is 0.308. The molecule has 2 rings (SSSR count). The van der Waals surface area contributed by atoms with Crippen molar-refractivity contribution < 1.29 is 17.6 Å². The van der Waals surface area contributed by atoms with E-state index in [1.165, 1.54) is 0 Å². The number of alkyl halides is 3. The number of benzene rings is 1. The van der Waals surface area contributed by atoms with Gasteiger partial charge in [0.25, 0.3) is 0 Å². The summed E-state index contributed by atoms with van der Waals surface area (Å²) in [5.41, 5.74) is 0.859. The van der Waals surface area contributed by atoms with Gasteiger partial charge >= 0.3 is 6.18 Å². The Morgan fingerprint density at radius 2 is 1.72 bits per heavy atom.